The molecule has 5 heteroatoms. The van der Waals surface area contributed by atoms with Crippen LogP contribution < -0.4 is 13.9 Å². The van der Waals surface area contributed by atoms with E-state index in [1.54, 1.807) is 14.2 Å². The molecule has 0 bridgehead atoms. The van der Waals surface area contributed by atoms with E-state index in [1.807, 2.05) is 27.7 Å². The second-order valence-electron chi connectivity index (χ2n) is 8.56. The summed E-state index contributed by atoms with van der Waals surface area (Å²) in [6, 6.07) is 0. The highest BCUT2D eigenvalue weighted by molar-refractivity contribution is 6.74. The fourth-order valence-corrected chi connectivity index (χ4v) is 3.82. The Morgan fingerprint density at radius 2 is 1.42 bits per heavy atom. The second-order valence-corrected chi connectivity index (χ2v) is 13.3. The Balaban J connectivity index is 3.71. The van der Waals surface area contributed by atoms with Gasteiger partial charge in [0.2, 0.25) is 0 Å². The normalized spacial score (nSPS) is 13.3. The first kappa shape index (κ1) is 22.5. The summed E-state index contributed by atoms with van der Waals surface area (Å²) in [6.07, 6.45) is 0.769. The van der Waals surface area contributed by atoms with Crippen LogP contribution in [0.25, 0.3) is 0 Å². The van der Waals surface area contributed by atoms with Gasteiger partial charge in [-0.15, -0.1) is 0 Å². The van der Waals surface area contributed by atoms with Crippen molar-refractivity contribution in [2.45, 2.75) is 73.0 Å². The molecule has 1 aromatic carbocycles. The number of carbonyl (C=O) groups excluding carboxylic acids is 1. The Morgan fingerprint density at radius 1 is 1.00 bits per heavy atom. The van der Waals surface area contributed by atoms with Crippen molar-refractivity contribution in [1.29, 1.82) is 0 Å². The number of Topliss-reactive ketones (excluding diaryl/α,β-unsaturated/α-hetero) is 1. The van der Waals surface area contributed by atoms with Crippen molar-refractivity contribution in [3.05, 3.63) is 16.7 Å². The lowest BCUT2D eigenvalue weighted by molar-refractivity contribution is 0.0920. The fraction of sp³-hybridized carbons (Fsp3) is 0.667. The van der Waals surface area contributed by atoms with Gasteiger partial charge in [0, 0.05) is 17.0 Å². The first-order chi connectivity index (χ1) is 11.8. The summed E-state index contributed by atoms with van der Waals surface area (Å²) >= 11 is 0. The third-order valence-corrected chi connectivity index (χ3v) is 10.0. The Morgan fingerprint density at radius 3 is 1.73 bits per heavy atom. The standard InChI is InChI=1S/C21H36O4Si/c1-12-13(2)17(22)16-19(23-8)14(3)18(15(4)20(16)24-9)25-26(10,11)21(5,6)7/h13H,12H2,1-11H3. The van der Waals surface area contributed by atoms with E-state index < -0.39 is 8.32 Å². The average Bonchev–Trinajstić information content (AvgIpc) is 2.55. The maximum Gasteiger partial charge on any atom is 0.250 e. The number of carbonyl (C=O) groups is 1. The van der Waals surface area contributed by atoms with Crippen LogP contribution >= 0.6 is 0 Å². The summed E-state index contributed by atoms with van der Waals surface area (Å²) in [4.78, 5) is 13.0. The molecule has 1 rings (SSSR count). The Kier molecular flexibility index (Phi) is 6.96. The van der Waals surface area contributed by atoms with E-state index in [-0.39, 0.29) is 16.7 Å². The number of ketones is 1. The molecule has 0 fully saturated rings. The van der Waals surface area contributed by atoms with Crippen molar-refractivity contribution in [3.8, 4) is 17.2 Å². The van der Waals surface area contributed by atoms with Crippen LogP contribution in [0.1, 0.15) is 62.5 Å². The molecule has 0 N–H and O–H groups in total. The monoisotopic (exact) mass is 380 g/mol. The van der Waals surface area contributed by atoms with Gasteiger partial charge in [0.05, 0.1) is 14.2 Å². The molecule has 26 heavy (non-hydrogen) atoms. The van der Waals surface area contributed by atoms with Gasteiger partial charge in [-0.25, -0.2) is 0 Å². The molecule has 0 aliphatic carbocycles. The number of hydrogen-bond donors (Lipinski definition) is 0. The molecule has 0 aliphatic heterocycles. The van der Waals surface area contributed by atoms with Crippen molar-refractivity contribution in [2.24, 2.45) is 5.92 Å². The number of rotatable bonds is 7. The molecule has 0 amide bonds. The third-order valence-electron chi connectivity index (χ3n) is 5.69. The topological polar surface area (TPSA) is 44.8 Å². The molecule has 0 spiro atoms. The van der Waals surface area contributed by atoms with Crippen LogP contribution in [0.15, 0.2) is 0 Å². The first-order valence-corrected chi connectivity index (χ1v) is 12.2. The molecule has 1 atom stereocenters. The van der Waals surface area contributed by atoms with E-state index >= 15 is 0 Å². The molecule has 4 nitrogen and oxygen atoms in total. The van der Waals surface area contributed by atoms with Gasteiger partial charge in [-0.05, 0) is 38.4 Å². The zero-order valence-corrected chi connectivity index (χ0v) is 19.4. The van der Waals surface area contributed by atoms with Crippen LogP contribution in [0.4, 0.5) is 0 Å². The average molecular weight is 381 g/mol. The van der Waals surface area contributed by atoms with Crippen molar-refractivity contribution < 1.29 is 18.7 Å². The van der Waals surface area contributed by atoms with Gasteiger partial charge >= 0.3 is 0 Å². The number of benzene rings is 1. The number of ether oxygens (including phenoxy) is 2. The van der Waals surface area contributed by atoms with Crippen LogP contribution in [-0.2, 0) is 0 Å². The molecular weight excluding hydrogens is 344 g/mol. The SMILES string of the molecule is CCC(C)C(=O)c1c(OC)c(C)c(O[Si](C)(C)C(C)(C)C)c(C)c1OC. The van der Waals surface area contributed by atoms with E-state index in [0.29, 0.717) is 17.1 Å². The predicted molar refractivity (Wildman–Crippen MR) is 111 cm³/mol. The van der Waals surface area contributed by atoms with E-state index in [9.17, 15) is 4.79 Å². The lowest BCUT2D eigenvalue weighted by Gasteiger charge is -2.38. The Hall–Kier alpha value is -1.49. The van der Waals surface area contributed by atoms with E-state index in [0.717, 1.165) is 23.3 Å². The smallest absolute Gasteiger partial charge is 0.250 e. The summed E-state index contributed by atoms with van der Waals surface area (Å²) < 4.78 is 17.9. The third kappa shape index (κ3) is 4.08. The minimum atomic E-state index is -2.05. The van der Waals surface area contributed by atoms with Gasteiger partial charge in [-0.3, -0.25) is 4.79 Å². The lowest BCUT2D eigenvalue weighted by Crippen LogP contribution is -2.44. The predicted octanol–water partition coefficient (Wildman–Crippen LogP) is 5.93. The highest BCUT2D eigenvalue weighted by Gasteiger charge is 2.40. The largest absolute Gasteiger partial charge is 0.543 e. The molecule has 0 radical (unpaired) electrons. The van der Waals surface area contributed by atoms with Crippen LogP contribution in [0.2, 0.25) is 18.1 Å². The molecule has 0 saturated carbocycles. The number of methoxy groups -OCH3 is 2. The summed E-state index contributed by atoms with van der Waals surface area (Å²) in [5, 5.41) is 0.0670. The molecule has 148 valence electrons. The zero-order valence-electron chi connectivity index (χ0n) is 18.4. The van der Waals surface area contributed by atoms with Gasteiger partial charge in [-0.1, -0.05) is 34.6 Å². The van der Waals surface area contributed by atoms with Crippen LogP contribution in [-0.4, -0.2) is 28.3 Å². The summed E-state index contributed by atoms with van der Waals surface area (Å²) in [6.45, 7) is 18.9. The minimum absolute atomic E-state index is 0.0475. The van der Waals surface area contributed by atoms with Crippen LogP contribution in [0.3, 0.4) is 0 Å². The molecule has 0 heterocycles. The molecule has 1 unspecified atom stereocenters. The molecule has 0 saturated heterocycles. The first-order valence-electron chi connectivity index (χ1n) is 9.32. The maximum atomic E-state index is 13.0. The van der Waals surface area contributed by atoms with Crippen molar-refractivity contribution in [3.63, 3.8) is 0 Å². The fourth-order valence-electron chi connectivity index (χ4n) is 2.69. The molecule has 0 aliphatic rings. The van der Waals surface area contributed by atoms with Gasteiger partial charge in [0.25, 0.3) is 8.32 Å². The second kappa shape index (κ2) is 8.03. The van der Waals surface area contributed by atoms with Gasteiger partial charge in [-0.2, -0.15) is 0 Å². The maximum absolute atomic E-state index is 13.0. The Bertz CT molecular complexity index is 641. The molecular formula is C21H36O4Si. The number of hydrogen-bond acceptors (Lipinski definition) is 4. The van der Waals surface area contributed by atoms with Crippen molar-refractivity contribution >= 4 is 14.1 Å². The van der Waals surface area contributed by atoms with Gasteiger partial charge in [0.15, 0.2) is 5.78 Å². The molecule has 1 aromatic rings. The van der Waals surface area contributed by atoms with E-state index in [4.69, 9.17) is 13.9 Å². The van der Waals surface area contributed by atoms with Crippen molar-refractivity contribution in [2.75, 3.05) is 14.2 Å². The Labute approximate surface area is 160 Å². The summed E-state index contributed by atoms with van der Waals surface area (Å²) in [7, 11) is 1.15. The van der Waals surface area contributed by atoms with Gasteiger partial charge < -0.3 is 13.9 Å². The van der Waals surface area contributed by atoms with E-state index in [2.05, 4.69) is 33.9 Å². The quantitative estimate of drug-likeness (QED) is 0.434. The van der Waals surface area contributed by atoms with Crippen LogP contribution in [0.5, 0.6) is 17.2 Å². The van der Waals surface area contributed by atoms with Crippen molar-refractivity contribution in [1.82, 2.24) is 0 Å². The lowest BCUT2D eigenvalue weighted by atomic mass is 9.92. The van der Waals surface area contributed by atoms with Gasteiger partial charge in [0.1, 0.15) is 22.8 Å². The van der Waals surface area contributed by atoms with Crippen LogP contribution in [0, 0.1) is 19.8 Å². The summed E-state index contributed by atoms with van der Waals surface area (Å²) in [5.41, 5.74) is 2.26. The molecule has 0 aromatic heterocycles. The minimum Gasteiger partial charge on any atom is -0.543 e. The highest BCUT2D eigenvalue weighted by atomic mass is 28.4. The zero-order chi connectivity index (χ0) is 20.4. The highest BCUT2D eigenvalue weighted by Crippen LogP contribution is 2.47. The summed E-state index contributed by atoms with van der Waals surface area (Å²) in [5.74, 6) is 1.86. The van der Waals surface area contributed by atoms with E-state index in [1.165, 1.54) is 0 Å².